The van der Waals surface area contributed by atoms with E-state index in [2.05, 4.69) is 21.2 Å². The molecule has 0 aliphatic rings. The topological polar surface area (TPSA) is 68.2 Å². The average molecular weight is 365 g/mol. The first-order valence-electron chi connectivity index (χ1n) is 6.42. The highest BCUT2D eigenvalue weighted by atomic mass is 79.9. The lowest BCUT2D eigenvalue weighted by atomic mass is 10.2. The maximum Gasteiger partial charge on any atom is 0.267 e. The zero-order valence-electron chi connectivity index (χ0n) is 12.2. The van der Waals surface area contributed by atoms with Crippen LogP contribution in [0.1, 0.15) is 37.7 Å². The van der Waals surface area contributed by atoms with E-state index in [1.54, 1.807) is 19.9 Å². The van der Waals surface area contributed by atoms with Crippen molar-refractivity contribution >= 4 is 31.7 Å². The second kappa shape index (κ2) is 6.30. The second-order valence-corrected chi connectivity index (χ2v) is 9.02. The zero-order chi connectivity index (χ0) is 15.6. The lowest BCUT2D eigenvalue weighted by molar-refractivity contribution is 0.0941. The summed E-state index contributed by atoms with van der Waals surface area (Å²) in [4.78, 5) is 12.2. The summed E-state index contributed by atoms with van der Waals surface area (Å²) < 4.78 is 24.9. The third-order valence-electron chi connectivity index (χ3n) is 3.24. The van der Waals surface area contributed by atoms with Gasteiger partial charge in [0.15, 0.2) is 9.84 Å². The maximum atomic E-state index is 12.2. The molecule has 0 aliphatic heterocycles. The van der Waals surface area contributed by atoms with Crippen molar-refractivity contribution in [2.45, 2.75) is 38.5 Å². The molecule has 1 aromatic rings. The molecule has 1 N–H and O–H groups in total. The minimum Gasteiger partial charge on any atom is -0.349 e. The molecular weight excluding hydrogens is 344 g/mol. The Kier molecular flexibility index (Phi) is 5.43. The monoisotopic (exact) mass is 364 g/mol. The summed E-state index contributed by atoms with van der Waals surface area (Å²) in [6.45, 7) is 6.05. The first-order valence-corrected chi connectivity index (χ1v) is 9.10. The van der Waals surface area contributed by atoms with Crippen LogP contribution in [0.5, 0.6) is 0 Å². The molecule has 0 unspecified atom stereocenters. The number of sulfone groups is 1. The first-order chi connectivity index (χ1) is 9.08. The molecule has 20 heavy (non-hydrogen) atoms. The highest BCUT2D eigenvalue weighted by molar-refractivity contribution is 9.10. The van der Waals surface area contributed by atoms with Crippen molar-refractivity contribution in [1.82, 2.24) is 9.88 Å². The Balaban J connectivity index is 2.83. The predicted octanol–water partition coefficient (Wildman–Crippen LogP) is 2.21. The van der Waals surface area contributed by atoms with Gasteiger partial charge in [0.05, 0.1) is 4.75 Å². The lowest BCUT2D eigenvalue weighted by Gasteiger charge is -2.22. The zero-order valence-corrected chi connectivity index (χ0v) is 14.6. The van der Waals surface area contributed by atoms with Crippen molar-refractivity contribution in [1.29, 1.82) is 0 Å². The molecule has 1 amide bonds. The van der Waals surface area contributed by atoms with Gasteiger partial charge in [-0.05, 0) is 42.3 Å². The summed E-state index contributed by atoms with van der Waals surface area (Å²) in [5.41, 5.74) is 0.531. The highest BCUT2D eigenvalue weighted by Crippen LogP contribution is 2.17. The fourth-order valence-corrected chi connectivity index (χ4v) is 2.40. The fourth-order valence-electron chi connectivity index (χ4n) is 1.61. The van der Waals surface area contributed by atoms with Gasteiger partial charge in [0.2, 0.25) is 0 Å². The number of hydrogen-bond acceptors (Lipinski definition) is 3. The number of carbonyl (C=O) groups is 1. The van der Waals surface area contributed by atoms with Crippen LogP contribution in [-0.2, 0) is 16.4 Å². The molecule has 0 saturated heterocycles. The molecule has 114 valence electrons. The Hall–Kier alpha value is -0.820. The van der Waals surface area contributed by atoms with E-state index < -0.39 is 14.6 Å². The Morgan fingerprint density at radius 2 is 2.05 bits per heavy atom. The minimum absolute atomic E-state index is 0.0829. The molecule has 7 heteroatoms. The predicted molar refractivity (Wildman–Crippen MR) is 83.7 cm³/mol. The van der Waals surface area contributed by atoms with E-state index in [4.69, 9.17) is 0 Å². The number of nitrogens with zero attached hydrogens (tertiary/aromatic N) is 1. The molecule has 1 rings (SSSR count). The standard InChI is InChI=1S/C13H21BrN2O3S/c1-5-6-16-8-10(14)7-11(16)12(17)15-9-13(2,3)20(4,18)19/h7-8H,5-6,9H2,1-4H3,(H,15,17). The van der Waals surface area contributed by atoms with E-state index in [0.29, 0.717) is 5.69 Å². The van der Waals surface area contributed by atoms with Crippen LogP contribution in [0, 0.1) is 0 Å². The molecular formula is C13H21BrN2O3S. The van der Waals surface area contributed by atoms with E-state index in [1.807, 2.05) is 17.7 Å². The lowest BCUT2D eigenvalue weighted by Crippen LogP contribution is -2.44. The Morgan fingerprint density at radius 3 is 2.55 bits per heavy atom. The molecule has 0 fully saturated rings. The van der Waals surface area contributed by atoms with Gasteiger partial charge in [-0.25, -0.2) is 8.42 Å². The van der Waals surface area contributed by atoms with E-state index in [0.717, 1.165) is 17.4 Å². The number of rotatable bonds is 6. The SMILES string of the molecule is CCCn1cc(Br)cc1C(=O)NCC(C)(C)S(C)(=O)=O. The van der Waals surface area contributed by atoms with Gasteiger partial charge in [0.25, 0.3) is 5.91 Å². The van der Waals surface area contributed by atoms with Crippen molar-refractivity contribution in [2.24, 2.45) is 0 Å². The van der Waals surface area contributed by atoms with Gasteiger partial charge in [0, 0.05) is 30.0 Å². The van der Waals surface area contributed by atoms with Crippen molar-refractivity contribution in [3.63, 3.8) is 0 Å². The molecule has 0 aromatic carbocycles. The van der Waals surface area contributed by atoms with Gasteiger partial charge in [-0.2, -0.15) is 0 Å². The summed E-state index contributed by atoms with van der Waals surface area (Å²) >= 11 is 3.35. The van der Waals surface area contributed by atoms with Gasteiger partial charge in [-0.3, -0.25) is 4.79 Å². The van der Waals surface area contributed by atoms with Gasteiger partial charge in [-0.15, -0.1) is 0 Å². The van der Waals surface area contributed by atoms with Crippen LogP contribution in [-0.4, -0.2) is 36.4 Å². The van der Waals surface area contributed by atoms with Crippen LogP contribution >= 0.6 is 15.9 Å². The number of halogens is 1. The van der Waals surface area contributed by atoms with Gasteiger partial charge >= 0.3 is 0 Å². The quantitative estimate of drug-likeness (QED) is 0.841. The maximum absolute atomic E-state index is 12.2. The van der Waals surface area contributed by atoms with Crippen molar-refractivity contribution in [2.75, 3.05) is 12.8 Å². The molecule has 0 saturated carbocycles. The largest absolute Gasteiger partial charge is 0.349 e. The van der Waals surface area contributed by atoms with Crippen LogP contribution in [0.2, 0.25) is 0 Å². The summed E-state index contributed by atoms with van der Waals surface area (Å²) in [6.07, 6.45) is 3.94. The summed E-state index contributed by atoms with van der Waals surface area (Å²) in [6, 6.07) is 1.73. The third-order valence-corrected chi connectivity index (χ3v) is 5.82. The number of carbonyl (C=O) groups excluding carboxylic acids is 1. The Labute approximate surface area is 128 Å². The van der Waals surface area contributed by atoms with E-state index >= 15 is 0 Å². The summed E-state index contributed by atoms with van der Waals surface area (Å²) in [7, 11) is -3.23. The minimum atomic E-state index is -3.23. The van der Waals surface area contributed by atoms with E-state index in [1.165, 1.54) is 6.26 Å². The van der Waals surface area contributed by atoms with E-state index in [-0.39, 0.29) is 12.5 Å². The van der Waals surface area contributed by atoms with Crippen LogP contribution in [0.15, 0.2) is 16.7 Å². The van der Waals surface area contributed by atoms with Crippen LogP contribution in [0.4, 0.5) is 0 Å². The summed E-state index contributed by atoms with van der Waals surface area (Å²) in [5.74, 6) is -0.263. The van der Waals surface area contributed by atoms with Gasteiger partial charge < -0.3 is 9.88 Å². The van der Waals surface area contributed by atoms with Gasteiger partial charge in [-0.1, -0.05) is 6.92 Å². The molecule has 0 spiro atoms. The van der Waals surface area contributed by atoms with Crippen LogP contribution in [0.3, 0.4) is 0 Å². The normalized spacial score (nSPS) is 12.4. The molecule has 0 aliphatic carbocycles. The third kappa shape index (κ3) is 4.09. The number of aryl methyl sites for hydroxylation is 1. The second-order valence-electron chi connectivity index (χ2n) is 5.45. The van der Waals surface area contributed by atoms with E-state index in [9.17, 15) is 13.2 Å². The molecule has 0 atom stereocenters. The number of aromatic nitrogens is 1. The van der Waals surface area contributed by atoms with Gasteiger partial charge in [0.1, 0.15) is 5.69 Å². The summed E-state index contributed by atoms with van der Waals surface area (Å²) in [5, 5.41) is 2.70. The molecule has 1 aromatic heterocycles. The molecule has 5 nitrogen and oxygen atoms in total. The smallest absolute Gasteiger partial charge is 0.267 e. The number of hydrogen-bond donors (Lipinski definition) is 1. The molecule has 1 heterocycles. The molecule has 0 bridgehead atoms. The van der Waals surface area contributed by atoms with Crippen molar-refractivity contribution in [3.8, 4) is 0 Å². The van der Waals surface area contributed by atoms with Crippen molar-refractivity contribution in [3.05, 3.63) is 22.4 Å². The number of amides is 1. The van der Waals surface area contributed by atoms with Crippen molar-refractivity contribution < 1.29 is 13.2 Å². The first kappa shape index (κ1) is 17.2. The highest BCUT2D eigenvalue weighted by Gasteiger charge is 2.30. The Bertz CT molecular complexity index is 591. The number of nitrogens with one attached hydrogen (secondary N) is 1. The molecule has 0 radical (unpaired) electrons. The van der Waals surface area contributed by atoms with Crippen LogP contribution in [0.25, 0.3) is 0 Å². The average Bonchev–Trinajstić information content (AvgIpc) is 2.66. The fraction of sp³-hybridized carbons (Fsp3) is 0.615. The van der Waals surface area contributed by atoms with Crippen LogP contribution < -0.4 is 5.32 Å². The Morgan fingerprint density at radius 1 is 1.45 bits per heavy atom.